The number of anilines is 1. The van der Waals surface area contributed by atoms with Gasteiger partial charge in [-0.1, -0.05) is 31.1 Å². The lowest BCUT2D eigenvalue weighted by Crippen LogP contribution is -2.13. The zero-order valence-corrected chi connectivity index (χ0v) is 18.8. The first kappa shape index (κ1) is 22.7. The minimum absolute atomic E-state index is 0.200. The van der Waals surface area contributed by atoms with Crippen LogP contribution in [0.2, 0.25) is 0 Å². The van der Waals surface area contributed by atoms with Crippen LogP contribution in [-0.4, -0.2) is 29.3 Å². The van der Waals surface area contributed by atoms with E-state index < -0.39 is 0 Å². The van der Waals surface area contributed by atoms with Gasteiger partial charge in [-0.3, -0.25) is 4.79 Å². The van der Waals surface area contributed by atoms with Gasteiger partial charge in [0.25, 0.3) is 5.91 Å². The molecule has 7 nitrogen and oxygen atoms in total. The Balaban J connectivity index is 1.73. The summed E-state index contributed by atoms with van der Waals surface area (Å²) in [6.07, 6.45) is 1.79. The van der Waals surface area contributed by atoms with Gasteiger partial charge in [-0.2, -0.15) is 4.98 Å². The monoisotopic (exact) mass is 441 g/mol. The summed E-state index contributed by atoms with van der Waals surface area (Å²) in [5, 5.41) is 6.76. The fourth-order valence-electron chi connectivity index (χ4n) is 2.76. The van der Waals surface area contributed by atoms with Gasteiger partial charge in [-0.05, 0) is 44.0 Å². The molecule has 31 heavy (non-hydrogen) atoms. The molecular formula is C23H27N3O4S. The van der Waals surface area contributed by atoms with Crippen LogP contribution in [0.25, 0.3) is 0 Å². The molecule has 1 N–H and O–H groups in total. The molecule has 3 rings (SSSR count). The lowest BCUT2D eigenvalue weighted by Gasteiger charge is -2.14. The van der Waals surface area contributed by atoms with E-state index in [1.165, 1.54) is 11.8 Å². The molecule has 1 aromatic heterocycles. The molecule has 0 fully saturated rings. The summed E-state index contributed by atoms with van der Waals surface area (Å²) in [6, 6.07) is 12.9. The third kappa shape index (κ3) is 6.49. The minimum Gasteiger partial charge on any atom is -0.490 e. The Morgan fingerprint density at radius 3 is 2.52 bits per heavy atom. The minimum atomic E-state index is -0.200. The summed E-state index contributed by atoms with van der Waals surface area (Å²) < 4.78 is 16.7. The maximum Gasteiger partial charge on any atom is 0.256 e. The van der Waals surface area contributed by atoms with Crippen molar-refractivity contribution in [2.24, 2.45) is 0 Å². The smallest absolute Gasteiger partial charge is 0.256 e. The number of aryl methyl sites for hydroxylation is 1. The first-order chi connectivity index (χ1) is 15.1. The maximum absolute atomic E-state index is 13.0. The van der Waals surface area contributed by atoms with Crippen LogP contribution >= 0.6 is 11.8 Å². The molecule has 0 radical (unpaired) electrons. The van der Waals surface area contributed by atoms with Crippen molar-refractivity contribution in [3.8, 4) is 11.5 Å². The molecule has 0 aliphatic carbocycles. The number of aromatic nitrogens is 2. The van der Waals surface area contributed by atoms with Crippen LogP contribution in [-0.2, 0) is 5.75 Å². The van der Waals surface area contributed by atoms with Gasteiger partial charge in [0, 0.05) is 16.6 Å². The van der Waals surface area contributed by atoms with Gasteiger partial charge in [-0.25, -0.2) is 0 Å². The molecule has 0 spiro atoms. The van der Waals surface area contributed by atoms with Crippen molar-refractivity contribution < 1.29 is 18.8 Å². The molecule has 0 saturated carbocycles. The molecule has 0 atom stereocenters. The number of rotatable bonds is 11. The van der Waals surface area contributed by atoms with Crippen molar-refractivity contribution in [2.45, 2.75) is 44.3 Å². The van der Waals surface area contributed by atoms with E-state index >= 15 is 0 Å². The van der Waals surface area contributed by atoms with E-state index in [1.807, 2.05) is 37.3 Å². The maximum atomic E-state index is 13.0. The SMILES string of the molecule is CCCOc1ccc(NC(=O)c2ccccc2SCc2nc(C)no2)cc1OCCC. The Labute approximate surface area is 186 Å². The van der Waals surface area contributed by atoms with Crippen LogP contribution in [0, 0.1) is 6.92 Å². The van der Waals surface area contributed by atoms with Gasteiger partial charge in [0.05, 0.1) is 24.5 Å². The van der Waals surface area contributed by atoms with Crippen LogP contribution in [0.3, 0.4) is 0 Å². The Hall–Kier alpha value is -3.00. The summed E-state index contributed by atoms with van der Waals surface area (Å²) >= 11 is 1.48. The standard InChI is InChI=1S/C23H27N3O4S/c1-4-12-28-19-11-10-17(14-20(19)29-13-5-2)25-23(27)18-8-6-7-9-21(18)31-15-22-24-16(3)26-30-22/h6-11,14H,4-5,12-13,15H2,1-3H3,(H,25,27). The average Bonchev–Trinajstić information content (AvgIpc) is 3.20. The predicted molar refractivity (Wildman–Crippen MR) is 121 cm³/mol. The molecular weight excluding hydrogens is 414 g/mol. The van der Waals surface area contributed by atoms with E-state index in [-0.39, 0.29) is 5.91 Å². The zero-order chi connectivity index (χ0) is 22.1. The van der Waals surface area contributed by atoms with Crippen LogP contribution in [0.4, 0.5) is 5.69 Å². The molecule has 1 amide bonds. The Morgan fingerprint density at radius 1 is 1.06 bits per heavy atom. The molecule has 0 aliphatic heterocycles. The second kappa shape index (κ2) is 11.4. The number of carbonyl (C=O) groups is 1. The molecule has 0 bridgehead atoms. The van der Waals surface area contributed by atoms with E-state index in [2.05, 4.69) is 22.4 Å². The molecule has 8 heteroatoms. The highest BCUT2D eigenvalue weighted by atomic mass is 32.2. The Morgan fingerprint density at radius 2 is 1.81 bits per heavy atom. The number of hydrogen-bond acceptors (Lipinski definition) is 7. The van der Waals surface area contributed by atoms with Crippen molar-refractivity contribution in [1.29, 1.82) is 0 Å². The molecule has 164 valence electrons. The molecule has 0 saturated heterocycles. The number of carbonyl (C=O) groups excluding carboxylic acids is 1. The fraction of sp³-hybridized carbons (Fsp3) is 0.348. The number of nitrogens with one attached hydrogen (secondary N) is 1. The number of amides is 1. The topological polar surface area (TPSA) is 86.5 Å². The van der Waals surface area contributed by atoms with Crippen molar-refractivity contribution in [1.82, 2.24) is 10.1 Å². The van der Waals surface area contributed by atoms with Crippen LogP contribution < -0.4 is 14.8 Å². The third-order valence-electron chi connectivity index (χ3n) is 4.18. The van der Waals surface area contributed by atoms with Gasteiger partial charge in [-0.15, -0.1) is 11.8 Å². The highest BCUT2D eigenvalue weighted by molar-refractivity contribution is 7.98. The van der Waals surface area contributed by atoms with E-state index in [0.29, 0.717) is 53.4 Å². The quantitative estimate of drug-likeness (QED) is 0.393. The lowest BCUT2D eigenvalue weighted by atomic mass is 10.2. The van der Waals surface area contributed by atoms with Gasteiger partial charge in [0.2, 0.25) is 5.89 Å². The van der Waals surface area contributed by atoms with E-state index in [1.54, 1.807) is 19.1 Å². The second-order valence-corrected chi connectivity index (χ2v) is 7.85. The first-order valence-corrected chi connectivity index (χ1v) is 11.3. The predicted octanol–water partition coefficient (Wildman–Crippen LogP) is 5.50. The van der Waals surface area contributed by atoms with Crippen LogP contribution in [0.15, 0.2) is 51.9 Å². The van der Waals surface area contributed by atoms with E-state index in [4.69, 9.17) is 14.0 Å². The zero-order valence-electron chi connectivity index (χ0n) is 18.0. The fourth-order valence-corrected chi connectivity index (χ4v) is 3.65. The average molecular weight is 442 g/mol. The number of ether oxygens (including phenoxy) is 2. The Bertz CT molecular complexity index is 1010. The number of thioether (sulfide) groups is 1. The summed E-state index contributed by atoms with van der Waals surface area (Å²) in [7, 11) is 0. The summed E-state index contributed by atoms with van der Waals surface area (Å²) in [5.41, 5.74) is 1.22. The number of benzene rings is 2. The molecule has 3 aromatic rings. The Kier molecular flexibility index (Phi) is 8.35. The normalized spacial score (nSPS) is 10.7. The van der Waals surface area contributed by atoms with Gasteiger partial charge in [0.1, 0.15) is 0 Å². The van der Waals surface area contributed by atoms with Gasteiger partial charge in [0.15, 0.2) is 17.3 Å². The summed E-state index contributed by atoms with van der Waals surface area (Å²) in [6.45, 7) is 7.06. The first-order valence-electron chi connectivity index (χ1n) is 10.3. The number of nitrogens with zero attached hydrogens (tertiary/aromatic N) is 2. The highest BCUT2D eigenvalue weighted by Crippen LogP contribution is 2.32. The second-order valence-electron chi connectivity index (χ2n) is 6.83. The number of hydrogen-bond donors (Lipinski definition) is 1. The van der Waals surface area contributed by atoms with Gasteiger partial charge >= 0.3 is 0 Å². The van der Waals surface area contributed by atoms with Gasteiger partial charge < -0.3 is 19.3 Å². The molecule has 0 aliphatic rings. The largest absolute Gasteiger partial charge is 0.490 e. The summed E-state index contributed by atoms with van der Waals surface area (Å²) in [4.78, 5) is 18.0. The molecule has 1 heterocycles. The molecule has 0 unspecified atom stereocenters. The van der Waals surface area contributed by atoms with Crippen molar-refractivity contribution in [3.63, 3.8) is 0 Å². The van der Waals surface area contributed by atoms with E-state index in [9.17, 15) is 4.79 Å². The molecule has 2 aromatic carbocycles. The third-order valence-corrected chi connectivity index (χ3v) is 5.24. The van der Waals surface area contributed by atoms with Crippen LogP contribution in [0.5, 0.6) is 11.5 Å². The lowest BCUT2D eigenvalue weighted by molar-refractivity contribution is 0.102. The van der Waals surface area contributed by atoms with Crippen molar-refractivity contribution >= 4 is 23.4 Å². The van der Waals surface area contributed by atoms with E-state index in [0.717, 1.165) is 17.7 Å². The van der Waals surface area contributed by atoms with Crippen molar-refractivity contribution in [2.75, 3.05) is 18.5 Å². The summed E-state index contributed by atoms with van der Waals surface area (Å²) in [5.74, 6) is 2.71. The van der Waals surface area contributed by atoms with Crippen molar-refractivity contribution in [3.05, 3.63) is 59.7 Å². The van der Waals surface area contributed by atoms with Crippen LogP contribution in [0.1, 0.15) is 48.8 Å². The highest BCUT2D eigenvalue weighted by Gasteiger charge is 2.15.